The molecule has 2 heterocycles. The van der Waals surface area contributed by atoms with Crippen LogP contribution in [0.4, 0.5) is 0 Å². The van der Waals surface area contributed by atoms with E-state index in [1.165, 1.54) is 0 Å². The fourth-order valence-corrected chi connectivity index (χ4v) is 2.61. The topological polar surface area (TPSA) is 84.5 Å². The Labute approximate surface area is 119 Å². The highest BCUT2D eigenvalue weighted by Gasteiger charge is 2.49. The molecule has 4 unspecified atom stereocenters. The minimum absolute atomic E-state index is 0.131. The molecule has 2 aliphatic heterocycles. The second kappa shape index (κ2) is 7.01. The van der Waals surface area contributed by atoms with Crippen LogP contribution in [0.1, 0.15) is 26.7 Å². The third-order valence-electron chi connectivity index (χ3n) is 3.53. The Morgan fingerprint density at radius 3 is 1.70 bits per heavy atom. The molecule has 0 spiro atoms. The Kier molecular flexibility index (Phi) is 5.33. The second-order valence-electron chi connectivity index (χ2n) is 5.29. The Bertz CT molecular complexity index is 365. The predicted octanol–water partition coefficient (Wildman–Crippen LogP) is 1.16. The molecule has 6 nitrogen and oxygen atoms in total. The van der Waals surface area contributed by atoms with Crippen molar-refractivity contribution in [2.75, 3.05) is 13.2 Å². The Hall–Kier alpha value is -1.18. The molecular weight excluding hydrogens is 260 g/mol. The van der Waals surface area contributed by atoms with Gasteiger partial charge in [-0.3, -0.25) is 0 Å². The molecule has 110 valence electrons. The summed E-state index contributed by atoms with van der Waals surface area (Å²) in [6.45, 7) is 4.65. The van der Waals surface area contributed by atoms with Crippen molar-refractivity contribution < 1.29 is 18.9 Å². The first-order valence-electron chi connectivity index (χ1n) is 6.93. The lowest BCUT2D eigenvalue weighted by Gasteiger charge is -2.20. The maximum Gasteiger partial charge on any atom is 0.115 e. The molecule has 0 aromatic rings. The van der Waals surface area contributed by atoms with Gasteiger partial charge in [0, 0.05) is 0 Å². The van der Waals surface area contributed by atoms with Crippen molar-refractivity contribution in [1.29, 1.82) is 10.5 Å². The van der Waals surface area contributed by atoms with Crippen molar-refractivity contribution >= 4 is 0 Å². The highest BCUT2D eigenvalue weighted by atomic mass is 16.6. The molecule has 0 bridgehead atoms. The standard InChI is InChI=1S/C14H20N2O4/c1-9(3-5-15)19-11-7-17-14-12(8-18-13(11)14)20-10(2)4-6-16/h9-14H,3-4,7-8H2,1-2H3/t9?,10?,11-,12+,13?,14?. The number of nitriles is 2. The molecule has 6 atom stereocenters. The third-order valence-corrected chi connectivity index (χ3v) is 3.53. The van der Waals surface area contributed by atoms with Crippen LogP contribution in [0.3, 0.4) is 0 Å². The van der Waals surface area contributed by atoms with Crippen molar-refractivity contribution in [2.45, 2.75) is 63.3 Å². The molecule has 2 fully saturated rings. The molecule has 0 N–H and O–H groups in total. The normalized spacial score (nSPS) is 35.0. The highest BCUT2D eigenvalue weighted by Crippen LogP contribution is 2.32. The van der Waals surface area contributed by atoms with Crippen molar-refractivity contribution in [3.8, 4) is 12.1 Å². The summed E-state index contributed by atoms with van der Waals surface area (Å²) in [6, 6.07) is 4.18. The number of rotatable bonds is 6. The van der Waals surface area contributed by atoms with Gasteiger partial charge in [0.25, 0.3) is 0 Å². The van der Waals surface area contributed by atoms with E-state index >= 15 is 0 Å². The van der Waals surface area contributed by atoms with Gasteiger partial charge in [0.1, 0.15) is 24.4 Å². The number of fused-ring (bicyclic) bond motifs is 1. The molecular formula is C14H20N2O4. The smallest absolute Gasteiger partial charge is 0.115 e. The largest absolute Gasteiger partial charge is 0.370 e. The zero-order chi connectivity index (χ0) is 14.5. The van der Waals surface area contributed by atoms with Crippen molar-refractivity contribution in [3.63, 3.8) is 0 Å². The minimum atomic E-state index is -0.150. The molecule has 6 heteroatoms. The van der Waals surface area contributed by atoms with E-state index < -0.39 is 0 Å². The monoisotopic (exact) mass is 280 g/mol. The van der Waals surface area contributed by atoms with Crippen LogP contribution in [0.2, 0.25) is 0 Å². The van der Waals surface area contributed by atoms with Gasteiger partial charge in [-0.2, -0.15) is 10.5 Å². The molecule has 2 saturated heterocycles. The molecule has 0 saturated carbocycles. The third kappa shape index (κ3) is 3.47. The van der Waals surface area contributed by atoms with E-state index in [2.05, 4.69) is 12.1 Å². The van der Waals surface area contributed by atoms with Crippen LogP contribution in [-0.2, 0) is 18.9 Å². The molecule has 0 aromatic heterocycles. The van der Waals surface area contributed by atoms with Crippen LogP contribution in [-0.4, -0.2) is 49.8 Å². The van der Waals surface area contributed by atoms with Gasteiger partial charge in [-0.25, -0.2) is 0 Å². The van der Waals surface area contributed by atoms with Gasteiger partial charge in [-0.05, 0) is 13.8 Å². The first-order chi connectivity index (χ1) is 9.65. The Balaban J connectivity index is 1.85. The van der Waals surface area contributed by atoms with Crippen LogP contribution in [0.5, 0.6) is 0 Å². The fourth-order valence-electron chi connectivity index (χ4n) is 2.61. The number of hydrogen-bond acceptors (Lipinski definition) is 6. The lowest BCUT2D eigenvalue weighted by molar-refractivity contribution is -0.0793. The van der Waals surface area contributed by atoms with Gasteiger partial charge in [0.15, 0.2) is 0 Å². The van der Waals surface area contributed by atoms with Gasteiger partial charge in [0.05, 0.1) is 50.4 Å². The van der Waals surface area contributed by atoms with Gasteiger partial charge >= 0.3 is 0 Å². The van der Waals surface area contributed by atoms with Crippen LogP contribution in [0.15, 0.2) is 0 Å². The molecule has 0 aliphatic carbocycles. The Morgan fingerprint density at radius 2 is 1.35 bits per heavy atom. The van der Waals surface area contributed by atoms with Crippen molar-refractivity contribution in [3.05, 3.63) is 0 Å². The fraction of sp³-hybridized carbons (Fsp3) is 0.857. The van der Waals surface area contributed by atoms with E-state index in [9.17, 15) is 0 Å². The molecule has 0 radical (unpaired) electrons. The van der Waals surface area contributed by atoms with E-state index in [4.69, 9.17) is 29.5 Å². The summed E-state index contributed by atoms with van der Waals surface area (Å²) in [5.41, 5.74) is 0. The molecule has 20 heavy (non-hydrogen) atoms. The molecule has 2 rings (SSSR count). The SMILES string of the molecule is CC(CC#N)O[C@H]1COC2C1OC[C@H]2OC(C)CC#N. The van der Waals surface area contributed by atoms with E-state index in [0.29, 0.717) is 26.1 Å². The van der Waals surface area contributed by atoms with Gasteiger partial charge in [-0.1, -0.05) is 0 Å². The number of ether oxygens (including phenoxy) is 4. The van der Waals surface area contributed by atoms with Crippen LogP contribution in [0.25, 0.3) is 0 Å². The molecule has 0 aromatic carbocycles. The van der Waals surface area contributed by atoms with E-state index in [-0.39, 0.29) is 36.6 Å². The number of nitrogens with zero attached hydrogens (tertiary/aromatic N) is 2. The first-order valence-corrected chi connectivity index (χ1v) is 6.93. The second-order valence-corrected chi connectivity index (χ2v) is 5.29. The van der Waals surface area contributed by atoms with Gasteiger partial charge in [-0.15, -0.1) is 0 Å². The average Bonchev–Trinajstić information content (AvgIpc) is 2.95. The maximum absolute atomic E-state index is 8.65. The van der Waals surface area contributed by atoms with E-state index in [1.807, 2.05) is 13.8 Å². The average molecular weight is 280 g/mol. The summed E-state index contributed by atoms with van der Waals surface area (Å²) in [7, 11) is 0. The Morgan fingerprint density at radius 1 is 0.950 bits per heavy atom. The van der Waals surface area contributed by atoms with Crippen LogP contribution in [0, 0.1) is 22.7 Å². The highest BCUT2D eigenvalue weighted by molar-refractivity contribution is 4.97. The van der Waals surface area contributed by atoms with E-state index in [1.54, 1.807) is 0 Å². The summed E-state index contributed by atoms with van der Waals surface area (Å²) < 4.78 is 23.0. The first kappa shape index (κ1) is 15.2. The summed E-state index contributed by atoms with van der Waals surface area (Å²) in [6.07, 6.45) is -0.140. The van der Waals surface area contributed by atoms with E-state index in [0.717, 1.165) is 0 Å². The van der Waals surface area contributed by atoms with Gasteiger partial charge < -0.3 is 18.9 Å². The molecule has 2 aliphatic rings. The quantitative estimate of drug-likeness (QED) is 0.726. The van der Waals surface area contributed by atoms with Gasteiger partial charge in [0.2, 0.25) is 0 Å². The summed E-state index contributed by atoms with van der Waals surface area (Å²) in [4.78, 5) is 0. The lowest BCUT2D eigenvalue weighted by Crippen LogP contribution is -2.36. The maximum atomic E-state index is 8.65. The summed E-state index contributed by atoms with van der Waals surface area (Å²) in [5.74, 6) is 0. The zero-order valence-electron chi connectivity index (χ0n) is 11.8. The molecule has 0 amide bonds. The van der Waals surface area contributed by atoms with Crippen molar-refractivity contribution in [2.24, 2.45) is 0 Å². The number of hydrogen-bond donors (Lipinski definition) is 0. The lowest BCUT2D eigenvalue weighted by atomic mass is 10.1. The predicted molar refractivity (Wildman–Crippen MR) is 68.6 cm³/mol. The zero-order valence-corrected chi connectivity index (χ0v) is 11.8. The minimum Gasteiger partial charge on any atom is -0.370 e. The van der Waals surface area contributed by atoms with Crippen LogP contribution >= 0.6 is 0 Å². The summed E-state index contributed by atoms with van der Waals surface area (Å²) >= 11 is 0. The van der Waals surface area contributed by atoms with Crippen molar-refractivity contribution in [1.82, 2.24) is 0 Å². The summed E-state index contributed by atoms with van der Waals surface area (Å²) in [5, 5.41) is 17.3. The van der Waals surface area contributed by atoms with Crippen LogP contribution < -0.4 is 0 Å².